The fraction of sp³-hybridized carbons (Fsp3) is 0.520. The Hall–Kier alpha value is -2.27. The van der Waals surface area contributed by atoms with Crippen LogP contribution >= 0.6 is 23.2 Å². The molecule has 1 unspecified atom stereocenters. The molecule has 0 saturated heterocycles. The summed E-state index contributed by atoms with van der Waals surface area (Å²) in [6.07, 6.45) is 0.842. The summed E-state index contributed by atoms with van der Waals surface area (Å²) in [6, 6.07) is 5.23. The zero-order chi connectivity index (χ0) is 27.8. The molecular weight excluding hydrogens is 534 g/mol. The zero-order valence-corrected chi connectivity index (χ0v) is 22.1. The molecule has 2 aliphatic rings. The minimum Gasteiger partial charge on any atom is -0.481 e. The number of hydrogen-bond acceptors (Lipinski definition) is 5. The maximum Gasteiger partial charge on any atom is 0.408 e. The molecular formula is C25H32Cl2F3N3O4. The number of halogens is 5. The SMILES string of the molecule is CC(Nc1ccc(CN(C)[C@@H]2C3=C(C=CC2(Cl)Cl)CCNCC3)cc1)C(F)(F)F.O=C(O)CCC(=O)O. The number of carbonyl (C=O) groups is 2. The number of nitrogens with zero attached hydrogens (tertiary/aromatic N) is 1. The summed E-state index contributed by atoms with van der Waals surface area (Å²) >= 11 is 13.3. The second-order valence-electron chi connectivity index (χ2n) is 9.02. The van der Waals surface area contributed by atoms with E-state index in [-0.39, 0.29) is 18.9 Å². The van der Waals surface area contributed by atoms with Crippen molar-refractivity contribution in [3.05, 3.63) is 53.1 Å². The van der Waals surface area contributed by atoms with Gasteiger partial charge in [0.15, 0.2) is 4.33 Å². The normalized spacial score (nSPS) is 19.8. The molecule has 0 radical (unpaired) electrons. The molecule has 37 heavy (non-hydrogen) atoms. The molecule has 0 amide bonds. The van der Waals surface area contributed by atoms with Crippen LogP contribution < -0.4 is 10.6 Å². The van der Waals surface area contributed by atoms with E-state index in [2.05, 4.69) is 15.5 Å². The van der Waals surface area contributed by atoms with E-state index in [1.165, 1.54) is 11.1 Å². The quantitative estimate of drug-likeness (QED) is 0.321. The van der Waals surface area contributed by atoms with Crippen LogP contribution in [0.3, 0.4) is 0 Å². The van der Waals surface area contributed by atoms with Gasteiger partial charge in [0.2, 0.25) is 0 Å². The number of hydrogen-bond donors (Lipinski definition) is 4. The molecule has 1 aromatic rings. The summed E-state index contributed by atoms with van der Waals surface area (Å²) in [5, 5.41) is 21.7. The fourth-order valence-corrected chi connectivity index (χ4v) is 4.84. The highest BCUT2D eigenvalue weighted by molar-refractivity contribution is 6.50. The lowest BCUT2D eigenvalue weighted by Gasteiger charge is -2.40. The number of alkyl halides is 5. The van der Waals surface area contributed by atoms with Gasteiger partial charge in [0.1, 0.15) is 6.04 Å². The van der Waals surface area contributed by atoms with Gasteiger partial charge in [-0.2, -0.15) is 13.2 Å². The molecule has 0 saturated carbocycles. The van der Waals surface area contributed by atoms with Gasteiger partial charge in [-0.15, -0.1) is 0 Å². The maximum absolute atomic E-state index is 12.7. The molecule has 206 valence electrons. The van der Waals surface area contributed by atoms with E-state index in [1.54, 1.807) is 12.1 Å². The molecule has 1 aromatic carbocycles. The molecule has 2 atom stereocenters. The summed E-state index contributed by atoms with van der Waals surface area (Å²) in [4.78, 5) is 21.4. The zero-order valence-electron chi connectivity index (χ0n) is 20.6. The first-order valence-electron chi connectivity index (χ1n) is 11.8. The predicted molar refractivity (Wildman–Crippen MR) is 138 cm³/mol. The molecule has 1 aliphatic carbocycles. The summed E-state index contributed by atoms with van der Waals surface area (Å²) in [5.41, 5.74) is 3.95. The molecule has 7 nitrogen and oxygen atoms in total. The molecule has 0 spiro atoms. The van der Waals surface area contributed by atoms with Crippen molar-refractivity contribution in [1.82, 2.24) is 10.2 Å². The third-order valence-electron chi connectivity index (χ3n) is 6.01. The molecule has 0 bridgehead atoms. The molecule has 0 aromatic heterocycles. The lowest BCUT2D eigenvalue weighted by atomic mass is 9.88. The Labute approximate surface area is 224 Å². The van der Waals surface area contributed by atoms with E-state index in [9.17, 15) is 22.8 Å². The lowest BCUT2D eigenvalue weighted by Crippen LogP contribution is -2.46. The Bertz CT molecular complexity index is 984. The number of rotatable bonds is 8. The number of aliphatic carboxylic acids is 2. The van der Waals surface area contributed by atoms with Gasteiger partial charge in [0.25, 0.3) is 0 Å². The maximum atomic E-state index is 12.7. The standard InChI is InChI=1S/C21H26Cl2F3N3.C4H6O4/c1-14(21(24,25)26)28-17-5-3-15(4-6-17)13-29(2)19-18-9-12-27-11-8-16(18)7-10-20(19,22)23;5-3(6)1-2-4(7)8/h3-7,10,14,19,27-28H,8-9,11-13H2,1-2H3;1-2H2,(H,5,6)(H,7,8)/t14?,19-;/m1./s1. The highest BCUT2D eigenvalue weighted by atomic mass is 35.5. The summed E-state index contributed by atoms with van der Waals surface area (Å²) in [6.45, 7) is 3.51. The second kappa shape index (κ2) is 13.5. The second-order valence-corrected chi connectivity index (χ2v) is 10.5. The average Bonchev–Trinajstić information content (AvgIpc) is 3.03. The molecule has 4 N–H and O–H groups in total. The van der Waals surface area contributed by atoms with Crippen molar-refractivity contribution in [3.63, 3.8) is 0 Å². The average molecular weight is 566 g/mol. The highest BCUT2D eigenvalue weighted by Crippen LogP contribution is 2.42. The smallest absolute Gasteiger partial charge is 0.408 e. The van der Waals surface area contributed by atoms with E-state index in [0.717, 1.165) is 38.4 Å². The van der Waals surface area contributed by atoms with Gasteiger partial charge >= 0.3 is 18.1 Å². The van der Waals surface area contributed by atoms with Crippen LogP contribution in [-0.2, 0) is 16.1 Å². The summed E-state index contributed by atoms with van der Waals surface area (Å²) in [5.74, 6) is -2.15. The molecule has 1 aliphatic heterocycles. The van der Waals surface area contributed by atoms with Crippen molar-refractivity contribution in [3.8, 4) is 0 Å². The number of nitrogens with one attached hydrogen (secondary N) is 2. The predicted octanol–water partition coefficient (Wildman–Crippen LogP) is 5.21. The summed E-state index contributed by atoms with van der Waals surface area (Å²) in [7, 11) is 1.98. The van der Waals surface area contributed by atoms with Crippen LogP contribution in [0.25, 0.3) is 0 Å². The molecule has 1 heterocycles. The third-order valence-corrected chi connectivity index (χ3v) is 6.68. The van der Waals surface area contributed by atoms with Gasteiger partial charge in [-0.1, -0.05) is 41.4 Å². The van der Waals surface area contributed by atoms with E-state index in [4.69, 9.17) is 33.4 Å². The highest BCUT2D eigenvalue weighted by Gasteiger charge is 2.41. The van der Waals surface area contributed by atoms with Crippen LogP contribution in [0.2, 0.25) is 0 Å². The first kappa shape index (κ1) is 31.0. The third kappa shape index (κ3) is 9.85. The van der Waals surface area contributed by atoms with E-state index < -0.39 is 28.5 Å². The Morgan fingerprint density at radius 3 is 2.24 bits per heavy atom. The van der Waals surface area contributed by atoms with E-state index in [1.807, 2.05) is 31.3 Å². The molecule has 12 heteroatoms. The van der Waals surface area contributed by atoms with Gasteiger partial charge in [-0.25, -0.2) is 0 Å². The Kier molecular flexibility index (Phi) is 11.3. The molecule has 0 fully saturated rings. The monoisotopic (exact) mass is 565 g/mol. The van der Waals surface area contributed by atoms with Crippen LogP contribution in [0.1, 0.15) is 38.2 Å². The van der Waals surface area contributed by atoms with Crippen molar-refractivity contribution >= 4 is 40.8 Å². The van der Waals surface area contributed by atoms with E-state index >= 15 is 0 Å². The first-order chi connectivity index (χ1) is 17.2. The van der Waals surface area contributed by atoms with Gasteiger partial charge in [-0.3, -0.25) is 14.5 Å². The lowest BCUT2D eigenvalue weighted by molar-refractivity contribution is -0.143. The van der Waals surface area contributed by atoms with Crippen LogP contribution in [0.5, 0.6) is 0 Å². The van der Waals surface area contributed by atoms with Gasteiger partial charge in [0, 0.05) is 12.2 Å². The topological polar surface area (TPSA) is 102 Å². The van der Waals surface area contributed by atoms with Crippen molar-refractivity contribution < 1.29 is 33.0 Å². The number of allylic oxidation sites excluding steroid dienone is 1. The van der Waals surface area contributed by atoms with Gasteiger partial charge < -0.3 is 20.8 Å². The van der Waals surface area contributed by atoms with Gasteiger partial charge in [-0.05, 0) is 74.8 Å². The van der Waals surface area contributed by atoms with Gasteiger partial charge in [0.05, 0.1) is 18.9 Å². The Balaban J connectivity index is 0.000000521. The van der Waals surface area contributed by atoms with Crippen molar-refractivity contribution in [2.24, 2.45) is 0 Å². The van der Waals surface area contributed by atoms with Crippen molar-refractivity contribution in [2.75, 3.05) is 25.5 Å². The molecule has 3 rings (SSSR count). The van der Waals surface area contributed by atoms with Crippen molar-refractivity contribution in [1.29, 1.82) is 0 Å². The fourth-order valence-electron chi connectivity index (χ4n) is 4.12. The number of likely N-dealkylation sites (N-methyl/N-ethyl adjacent to an activating group) is 1. The largest absolute Gasteiger partial charge is 0.481 e. The first-order valence-corrected chi connectivity index (χ1v) is 12.5. The van der Waals surface area contributed by atoms with Crippen LogP contribution in [0.4, 0.5) is 18.9 Å². The Morgan fingerprint density at radius 2 is 1.70 bits per heavy atom. The minimum atomic E-state index is -4.28. The van der Waals surface area contributed by atoms with Crippen LogP contribution in [0.15, 0.2) is 47.6 Å². The van der Waals surface area contributed by atoms with Crippen LogP contribution in [0, 0.1) is 0 Å². The van der Waals surface area contributed by atoms with E-state index in [0.29, 0.717) is 12.2 Å². The number of benzene rings is 1. The number of carboxylic acid groups (broad SMARTS) is 2. The van der Waals surface area contributed by atoms with Crippen LogP contribution in [-0.4, -0.2) is 69.8 Å². The summed E-state index contributed by atoms with van der Waals surface area (Å²) < 4.78 is 37.1. The van der Waals surface area contributed by atoms with Crippen molar-refractivity contribution in [2.45, 2.75) is 61.7 Å². The number of anilines is 1. The Morgan fingerprint density at radius 1 is 1.14 bits per heavy atom. The number of carboxylic acids is 2. The minimum absolute atomic E-state index is 0.159.